The fraction of sp³-hybridized carbons (Fsp3) is 0.526. The molecule has 7 heteroatoms. The van der Waals surface area contributed by atoms with Crippen LogP contribution < -0.4 is 10.6 Å². The molecule has 0 unspecified atom stereocenters. The van der Waals surface area contributed by atoms with Gasteiger partial charge in [-0.2, -0.15) is 0 Å². The van der Waals surface area contributed by atoms with Crippen molar-refractivity contribution in [3.05, 3.63) is 34.9 Å². The summed E-state index contributed by atoms with van der Waals surface area (Å²) >= 11 is 5.90. The molecule has 1 aliphatic rings. The van der Waals surface area contributed by atoms with E-state index in [1.54, 1.807) is 18.2 Å². The molecule has 26 heavy (non-hydrogen) atoms. The van der Waals surface area contributed by atoms with E-state index in [9.17, 15) is 14.4 Å². The lowest BCUT2D eigenvalue weighted by molar-refractivity contribution is -0.137. The molecule has 1 aliphatic carbocycles. The lowest BCUT2D eigenvalue weighted by Crippen LogP contribution is -2.49. The van der Waals surface area contributed by atoms with Crippen LogP contribution in [0.5, 0.6) is 0 Å². The number of aliphatic carboxylic acids is 1. The van der Waals surface area contributed by atoms with E-state index < -0.39 is 17.9 Å². The van der Waals surface area contributed by atoms with E-state index in [2.05, 4.69) is 10.6 Å². The molecule has 3 N–H and O–H groups in total. The summed E-state index contributed by atoms with van der Waals surface area (Å²) < 4.78 is 0. The molecule has 0 aliphatic heterocycles. The maximum atomic E-state index is 12.6. The Kier molecular flexibility index (Phi) is 7.91. The fourth-order valence-electron chi connectivity index (χ4n) is 3.13. The Bertz CT molecular complexity index is 642. The van der Waals surface area contributed by atoms with Crippen molar-refractivity contribution in [1.82, 2.24) is 10.6 Å². The van der Waals surface area contributed by atoms with E-state index in [4.69, 9.17) is 16.7 Å². The highest BCUT2D eigenvalue weighted by molar-refractivity contribution is 6.31. The highest BCUT2D eigenvalue weighted by atomic mass is 35.5. The zero-order chi connectivity index (χ0) is 18.9. The quantitative estimate of drug-likeness (QED) is 0.633. The summed E-state index contributed by atoms with van der Waals surface area (Å²) in [6.07, 6.45) is 6.15. The van der Waals surface area contributed by atoms with E-state index >= 15 is 0 Å². The molecule has 0 bridgehead atoms. The van der Waals surface area contributed by atoms with E-state index in [-0.39, 0.29) is 24.8 Å². The van der Waals surface area contributed by atoms with Gasteiger partial charge in [0.05, 0.1) is 0 Å². The molecule has 0 saturated heterocycles. The third-order valence-corrected chi connectivity index (χ3v) is 4.79. The minimum atomic E-state index is -1.01. The van der Waals surface area contributed by atoms with Gasteiger partial charge in [-0.1, -0.05) is 43.4 Å². The Balaban J connectivity index is 2.02. The van der Waals surface area contributed by atoms with Gasteiger partial charge in [0.1, 0.15) is 6.04 Å². The standard InChI is InChI=1S/C19H25ClN2O4/c20-14-7-5-6-13(12-14)18(25)22-16(10-11-17(23)24)19(26)21-15-8-3-1-2-4-9-15/h5-7,12,15-16H,1-4,8-11H2,(H,21,26)(H,22,25)(H,23,24)/t16-/m1/s1. The Labute approximate surface area is 158 Å². The minimum Gasteiger partial charge on any atom is -0.481 e. The molecule has 0 radical (unpaired) electrons. The van der Waals surface area contributed by atoms with Crippen molar-refractivity contribution >= 4 is 29.4 Å². The predicted molar refractivity (Wildman–Crippen MR) is 99.2 cm³/mol. The number of hydrogen-bond donors (Lipinski definition) is 3. The molecule has 2 amide bonds. The third-order valence-electron chi connectivity index (χ3n) is 4.56. The molecule has 1 saturated carbocycles. The van der Waals surface area contributed by atoms with E-state index in [1.807, 2.05) is 0 Å². The average Bonchev–Trinajstić information content (AvgIpc) is 2.86. The summed E-state index contributed by atoms with van der Waals surface area (Å²) in [6, 6.07) is 5.60. The van der Waals surface area contributed by atoms with Crippen LogP contribution in [-0.2, 0) is 9.59 Å². The second-order valence-electron chi connectivity index (χ2n) is 6.67. The number of rotatable bonds is 7. The number of nitrogens with one attached hydrogen (secondary N) is 2. The van der Waals surface area contributed by atoms with Crippen molar-refractivity contribution in [1.29, 1.82) is 0 Å². The summed E-state index contributed by atoms with van der Waals surface area (Å²) in [7, 11) is 0. The lowest BCUT2D eigenvalue weighted by atomic mass is 10.1. The first-order valence-corrected chi connectivity index (χ1v) is 9.42. The summed E-state index contributed by atoms with van der Waals surface area (Å²) in [5.41, 5.74) is 0.333. The molecule has 0 spiro atoms. The van der Waals surface area contributed by atoms with Gasteiger partial charge in [0.25, 0.3) is 5.91 Å². The molecule has 0 aromatic heterocycles. The van der Waals surface area contributed by atoms with Gasteiger partial charge in [-0.05, 0) is 37.5 Å². The van der Waals surface area contributed by atoms with Crippen LogP contribution in [0.3, 0.4) is 0 Å². The van der Waals surface area contributed by atoms with Crippen molar-refractivity contribution in [3.8, 4) is 0 Å². The smallest absolute Gasteiger partial charge is 0.303 e. The maximum Gasteiger partial charge on any atom is 0.303 e. The second kappa shape index (κ2) is 10.2. The van der Waals surface area contributed by atoms with Gasteiger partial charge in [0, 0.05) is 23.0 Å². The molecule has 1 atom stereocenters. The molecular weight excluding hydrogens is 356 g/mol. The van der Waals surface area contributed by atoms with Crippen molar-refractivity contribution in [2.75, 3.05) is 0 Å². The topological polar surface area (TPSA) is 95.5 Å². The molecule has 1 aromatic rings. The second-order valence-corrected chi connectivity index (χ2v) is 7.10. The monoisotopic (exact) mass is 380 g/mol. The summed E-state index contributed by atoms with van der Waals surface area (Å²) in [5, 5.41) is 15.0. The van der Waals surface area contributed by atoms with Crippen LogP contribution in [0.15, 0.2) is 24.3 Å². The largest absolute Gasteiger partial charge is 0.481 e. The first-order valence-electron chi connectivity index (χ1n) is 9.04. The van der Waals surface area contributed by atoms with Crippen molar-refractivity contribution < 1.29 is 19.5 Å². The van der Waals surface area contributed by atoms with E-state index in [0.717, 1.165) is 25.7 Å². The molecule has 6 nitrogen and oxygen atoms in total. The Morgan fingerprint density at radius 1 is 1.15 bits per heavy atom. The number of carboxylic acid groups (broad SMARTS) is 1. The van der Waals surface area contributed by atoms with Gasteiger partial charge in [-0.3, -0.25) is 14.4 Å². The first-order chi connectivity index (χ1) is 12.5. The van der Waals surface area contributed by atoms with Crippen LogP contribution in [-0.4, -0.2) is 35.0 Å². The van der Waals surface area contributed by atoms with Gasteiger partial charge in [-0.15, -0.1) is 0 Å². The van der Waals surface area contributed by atoms with Gasteiger partial charge in [0.2, 0.25) is 5.91 Å². The lowest BCUT2D eigenvalue weighted by Gasteiger charge is -2.22. The number of carbonyl (C=O) groups excluding carboxylic acids is 2. The number of carboxylic acids is 1. The molecule has 142 valence electrons. The number of amides is 2. The number of halogens is 1. The highest BCUT2D eigenvalue weighted by Crippen LogP contribution is 2.17. The van der Waals surface area contributed by atoms with E-state index in [0.29, 0.717) is 10.6 Å². The SMILES string of the molecule is O=C(O)CC[C@@H](NC(=O)c1cccc(Cl)c1)C(=O)NC1CCCCCC1. The Hall–Kier alpha value is -2.08. The first kappa shape index (κ1) is 20.2. The number of carbonyl (C=O) groups is 3. The van der Waals surface area contributed by atoms with Crippen LogP contribution in [0.4, 0.5) is 0 Å². The average molecular weight is 381 g/mol. The molecule has 2 rings (SSSR count). The molecular formula is C19H25ClN2O4. The number of benzene rings is 1. The zero-order valence-electron chi connectivity index (χ0n) is 14.7. The van der Waals surface area contributed by atoms with Crippen LogP contribution in [0.1, 0.15) is 61.7 Å². The van der Waals surface area contributed by atoms with Crippen LogP contribution >= 0.6 is 11.6 Å². The molecule has 1 fully saturated rings. The highest BCUT2D eigenvalue weighted by Gasteiger charge is 2.25. The maximum absolute atomic E-state index is 12.6. The van der Waals surface area contributed by atoms with Gasteiger partial charge < -0.3 is 15.7 Å². The molecule has 1 aromatic carbocycles. The van der Waals surface area contributed by atoms with Gasteiger partial charge in [-0.25, -0.2) is 0 Å². The van der Waals surface area contributed by atoms with Gasteiger partial charge >= 0.3 is 5.97 Å². The third kappa shape index (κ3) is 6.67. The normalized spacial score (nSPS) is 16.3. The number of hydrogen-bond acceptors (Lipinski definition) is 3. The van der Waals surface area contributed by atoms with Crippen molar-refractivity contribution in [2.24, 2.45) is 0 Å². The summed E-state index contributed by atoms with van der Waals surface area (Å²) in [6.45, 7) is 0. The van der Waals surface area contributed by atoms with Crippen LogP contribution in [0, 0.1) is 0 Å². The molecule has 0 heterocycles. The fourth-order valence-corrected chi connectivity index (χ4v) is 3.32. The van der Waals surface area contributed by atoms with Crippen LogP contribution in [0.25, 0.3) is 0 Å². The minimum absolute atomic E-state index is 0.0419. The zero-order valence-corrected chi connectivity index (χ0v) is 15.4. The Morgan fingerprint density at radius 3 is 2.46 bits per heavy atom. The van der Waals surface area contributed by atoms with E-state index in [1.165, 1.54) is 18.9 Å². The summed E-state index contributed by atoms with van der Waals surface area (Å²) in [5.74, 6) is -1.78. The van der Waals surface area contributed by atoms with Crippen molar-refractivity contribution in [3.63, 3.8) is 0 Å². The predicted octanol–water partition coefficient (Wildman–Crippen LogP) is 3.14. The Morgan fingerprint density at radius 2 is 1.85 bits per heavy atom. The van der Waals surface area contributed by atoms with Crippen molar-refractivity contribution in [2.45, 2.75) is 63.5 Å². The summed E-state index contributed by atoms with van der Waals surface area (Å²) in [4.78, 5) is 35.9. The van der Waals surface area contributed by atoms with Crippen LogP contribution in [0.2, 0.25) is 5.02 Å². The van der Waals surface area contributed by atoms with Gasteiger partial charge in [0.15, 0.2) is 0 Å².